The summed E-state index contributed by atoms with van der Waals surface area (Å²) in [5, 5.41) is 20.0. The van der Waals surface area contributed by atoms with Crippen molar-refractivity contribution in [3.63, 3.8) is 0 Å². The molecule has 0 radical (unpaired) electrons. The van der Waals surface area contributed by atoms with Crippen LogP contribution in [-0.2, 0) is 19.2 Å². The summed E-state index contributed by atoms with van der Waals surface area (Å²) < 4.78 is 0. The number of aliphatic hydroxyl groups excluding tert-OH is 2. The van der Waals surface area contributed by atoms with Crippen LogP contribution in [0.3, 0.4) is 0 Å². The summed E-state index contributed by atoms with van der Waals surface area (Å²) in [7, 11) is 0. The van der Waals surface area contributed by atoms with Gasteiger partial charge in [-0.2, -0.15) is 0 Å². The molecule has 0 aromatic heterocycles. The smallest absolute Gasteiger partial charge is 0.187 e. The molecule has 2 unspecified atom stereocenters. The minimum atomic E-state index is -0.900. The van der Waals surface area contributed by atoms with Crippen LogP contribution in [0.15, 0.2) is 259 Å². The highest BCUT2D eigenvalue weighted by atomic mass is 16.3. The van der Waals surface area contributed by atoms with Gasteiger partial charge in [0.25, 0.3) is 0 Å². The third kappa shape index (κ3) is 23.6. The van der Waals surface area contributed by atoms with E-state index in [1.54, 1.807) is 13.8 Å². The average molecular weight is 1160 g/mol. The van der Waals surface area contributed by atoms with Gasteiger partial charge < -0.3 is 10.2 Å². The molecule has 0 saturated heterocycles. The molecule has 0 aromatic rings. The molecule has 2 atom stereocenters. The van der Waals surface area contributed by atoms with Crippen LogP contribution in [0.1, 0.15) is 177 Å². The molecule has 4 aliphatic carbocycles. The largest absolute Gasteiger partial charge is 0.385 e. The van der Waals surface area contributed by atoms with E-state index >= 15 is 0 Å². The van der Waals surface area contributed by atoms with Gasteiger partial charge in [-0.15, -0.1) is 0 Å². The molecule has 2 N–H and O–H groups in total. The highest BCUT2D eigenvalue weighted by molar-refractivity contribution is 6.01. The number of allylic oxidation sites excluding steroid dienone is 42. The molecule has 0 spiro atoms. The van der Waals surface area contributed by atoms with Crippen LogP contribution in [0.5, 0.6) is 0 Å². The Hall–Kier alpha value is -7.12. The number of hydrogen-bond donors (Lipinski definition) is 2. The van der Waals surface area contributed by atoms with Gasteiger partial charge in [0.05, 0.1) is 0 Å². The van der Waals surface area contributed by atoms with Gasteiger partial charge in [0.1, 0.15) is 12.2 Å². The standard InChI is InChI=1S/2C40H52O3/c2*1-28(17-13-19-30(3)21-23-34-32(5)36(41)25-26-39(34,7)8)15-11-12-16-29(2)18-14-20-31(4)22-24-35-33(6)38(43)37(42)27-40(35,9)10/h2*11-24,37,42H,25-27H2,1-10H3/b2*12-11+,17-13+,18-14+,23-21+,24-22+,28-15+,29-16+,30-19+,31-20+. The lowest BCUT2D eigenvalue weighted by Gasteiger charge is -2.34. The van der Waals surface area contributed by atoms with Crippen molar-refractivity contribution in [3.05, 3.63) is 259 Å². The first-order chi connectivity index (χ1) is 40.1. The second kappa shape index (κ2) is 33.7. The third-order valence-electron chi connectivity index (χ3n) is 16.7. The molecule has 0 fully saturated rings. The fraction of sp³-hybridized carbons (Fsp3) is 0.400. The van der Waals surface area contributed by atoms with Crippen LogP contribution in [0, 0.1) is 21.7 Å². The maximum absolute atomic E-state index is 12.2. The van der Waals surface area contributed by atoms with Crippen LogP contribution in [0.2, 0.25) is 0 Å². The van der Waals surface area contributed by atoms with Crippen LogP contribution in [0.4, 0.5) is 0 Å². The van der Waals surface area contributed by atoms with Gasteiger partial charge in [-0.3, -0.25) is 19.2 Å². The summed E-state index contributed by atoms with van der Waals surface area (Å²) in [5.74, 6) is 0.193. The monoisotopic (exact) mass is 1160 g/mol. The Morgan fingerprint density at radius 1 is 0.326 bits per heavy atom. The first kappa shape index (κ1) is 73.1. The Morgan fingerprint density at radius 2 is 0.535 bits per heavy atom. The number of aliphatic hydroxyl groups is 2. The van der Waals surface area contributed by atoms with Crippen LogP contribution in [0.25, 0.3) is 0 Å². The van der Waals surface area contributed by atoms with Gasteiger partial charge in [0.2, 0.25) is 0 Å². The van der Waals surface area contributed by atoms with E-state index in [1.165, 1.54) is 0 Å². The van der Waals surface area contributed by atoms with E-state index in [9.17, 15) is 29.4 Å². The number of rotatable bonds is 20. The van der Waals surface area contributed by atoms with Gasteiger partial charge in [0.15, 0.2) is 23.1 Å². The molecule has 460 valence electrons. The van der Waals surface area contributed by atoms with Crippen molar-refractivity contribution < 1.29 is 29.4 Å². The van der Waals surface area contributed by atoms with Crippen molar-refractivity contribution in [1.82, 2.24) is 0 Å². The molecule has 0 amide bonds. The molecule has 0 aliphatic heterocycles. The summed E-state index contributed by atoms with van der Waals surface area (Å²) >= 11 is 0. The zero-order valence-corrected chi connectivity index (χ0v) is 56.1. The summed E-state index contributed by atoms with van der Waals surface area (Å²) in [4.78, 5) is 48.8. The highest BCUT2D eigenvalue weighted by Gasteiger charge is 2.38. The summed E-state index contributed by atoms with van der Waals surface area (Å²) in [5.41, 5.74) is 16.0. The zero-order valence-electron chi connectivity index (χ0n) is 56.1. The van der Waals surface area contributed by atoms with E-state index in [4.69, 9.17) is 0 Å². The molecule has 0 saturated carbocycles. The molecule has 4 rings (SSSR count). The van der Waals surface area contributed by atoms with Gasteiger partial charge >= 0.3 is 0 Å². The second-order valence-electron chi connectivity index (χ2n) is 26.5. The Kier molecular flexibility index (Phi) is 28.7. The van der Waals surface area contributed by atoms with Crippen molar-refractivity contribution in [2.75, 3.05) is 0 Å². The molecule has 0 bridgehead atoms. The molecular weight excluding hydrogens is 1060 g/mol. The van der Waals surface area contributed by atoms with E-state index in [-0.39, 0.29) is 44.8 Å². The number of ketones is 4. The van der Waals surface area contributed by atoms with E-state index in [0.29, 0.717) is 36.8 Å². The first-order valence-corrected chi connectivity index (χ1v) is 30.6. The minimum absolute atomic E-state index is 0.0331. The van der Waals surface area contributed by atoms with Crippen molar-refractivity contribution in [1.29, 1.82) is 0 Å². The summed E-state index contributed by atoms with van der Waals surface area (Å²) in [6, 6.07) is 0. The van der Waals surface area contributed by atoms with Crippen LogP contribution >= 0.6 is 0 Å². The van der Waals surface area contributed by atoms with Crippen molar-refractivity contribution in [2.45, 2.75) is 189 Å². The maximum atomic E-state index is 12.2. The van der Waals surface area contributed by atoms with Gasteiger partial charge in [0, 0.05) is 12.8 Å². The Morgan fingerprint density at radius 3 is 0.779 bits per heavy atom. The van der Waals surface area contributed by atoms with Crippen molar-refractivity contribution >= 4 is 23.1 Å². The average Bonchev–Trinajstić information content (AvgIpc) is 2.70. The van der Waals surface area contributed by atoms with E-state index in [1.807, 2.05) is 101 Å². The fourth-order valence-electron chi connectivity index (χ4n) is 10.9. The van der Waals surface area contributed by atoms with Crippen LogP contribution in [-0.4, -0.2) is 45.6 Å². The Balaban J connectivity index is 0.000000450. The van der Waals surface area contributed by atoms with Gasteiger partial charge in [-0.25, -0.2) is 0 Å². The quantitative estimate of drug-likeness (QED) is 0.118. The molecule has 0 aromatic carbocycles. The maximum Gasteiger partial charge on any atom is 0.187 e. The molecule has 86 heavy (non-hydrogen) atoms. The lowest BCUT2D eigenvalue weighted by atomic mass is 9.71. The molecular formula is C80H104O6. The highest BCUT2D eigenvalue weighted by Crippen LogP contribution is 2.43. The fourth-order valence-corrected chi connectivity index (χ4v) is 10.9. The zero-order chi connectivity index (χ0) is 64.7. The summed E-state index contributed by atoms with van der Waals surface area (Å²) in [6.07, 6.45) is 59.9. The number of Topliss-reactive ketones (excluding diaryl/α,β-unsaturated/α-hetero) is 4. The molecule has 0 heterocycles. The lowest BCUT2D eigenvalue weighted by molar-refractivity contribution is -0.126. The molecule has 6 heteroatoms. The normalized spacial score (nSPS) is 23.1. The molecule has 4 aliphatic rings. The SMILES string of the molecule is CC1=C(/C=C/C(C)=C/C=C/C(C)=C/C=C/C=C(C)/C=C/C=C(C)/C=C/C2=C(C)C(=O)C(O)CC2(C)C)C(C)(C)CCC1=O.CC1=C(/C=C/C(C)=C/C=C/C(C)=C/C=C/C=C(C)/C=C/C=C(C)/C=C/C2=C(C)C(=O)C(O)CC2(C)C)C(C)(C)CCC1=O. The Bertz CT molecular complexity index is 3050. The number of carbonyl (C=O) groups is 4. The van der Waals surface area contributed by atoms with Gasteiger partial charge in [-0.05, 0) is 175 Å². The third-order valence-corrected chi connectivity index (χ3v) is 16.7. The Labute approximate surface area is 520 Å². The molecule has 6 nitrogen and oxygen atoms in total. The lowest BCUT2D eigenvalue weighted by Crippen LogP contribution is -2.35. The van der Waals surface area contributed by atoms with E-state index in [0.717, 1.165) is 90.9 Å². The number of hydrogen-bond acceptors (Lipinski definition) is 6. The first-order valence-electron chi connectivity index (χ1n) is 30.6. The second-order valence-corrected chi connectivity index (χ2v) is 26.5. The van der Waals surface area contributed by atoms with Crippen molar-refractivity contribution in [3.8, 4) is 0 Å². The minimum Gasteiger partial charge on any atom is -0.385 e. The van der Waals surface area contributed by atoms with Crippen molar-refractivity contribution in [2.24, 2.45) is 21.7 Å². The topological polar surface area (TPSA) is 109 Å². The predicted molar refractivity (Wildman–Crippen MR) is 367 cm³/mol. The van der Waals surface area contributed by atoms with E-state index < -0.39 is 12.2 Å². The summed E-state index contributed by atoms with van der Waals surface area (Å²) in [6.45, 7) is 41.1. The van der Waals surface area contributed by atoms with E-state index in [2.05, 4.69) is 194 Å². The van der Waals surface area contributed by atoms with Crippen LogP contribution < -0.4 is 0 Å². The van der Waals surface area contributed by atoms with Gasteiger partial charge in [-0.1, -0.05) is 270 Å². The number of carbonyl (C=O) groups excluding carboxylic acids is 4. The predicted octanol–water partition coefficient (Wildman–Crippen LogP) is 19.9.